The first kappa shape index (κ1) is 12.6. The van der Waals surface area contributed by atoms with E-state index in [1.165, 1.54) is 18.2 Å². The van der Waals surface area contributed by atoms with E-state index in [4.69, 9.17) is 0 Å². The van der Waals surface area contributed by atoms with Crippen LogP contribution in [0.1, 0.15) is 24.2 Å². The summed E-state index contributed by atoms with van der Waals surface area (Å²) in [5.41, 5.74) is 4.74. The summed E-state index contributed by atoms with van der Waals surface area (Å²) in [7, 11) is 0. The van der Waals surface area contributed by atoms with E-state index in [-0.39, 0.29) is 17.5 Å². The Morgan fingerprint density at radius 2 is 2.06 bits per heavy atom. The van der Waals surface area contributed by atoms with Gasteiger partial charge in [-0.15, -0.1) is 8.78 Å². The summed E-state index contributed by atoms with van der Waals surface area (Å²) in [6, 6.07) is 5.58. The number of rotatable bonds is 4. The highest BCUT2D eigenvalue weighted by atomic mass is 19.3. The summed E-state index contributed by atoms with van der Waals surface area (Å²) < 4.78 is 28.9. The van der Waals surface area contributed by atoms with Crippen LogP contribution in [-0.2, 0) is 0 Å². The zero-order valence-corrected chi connectivity index (χ0v) is 9.04. The largest absolute Gasteiger partial charge is 0.466 e. The molecule has 1 aromatic carbocycles. The maximum Gasteiger partial charge on any atom is 0.466 e. The van der Waals surface area contributed by atoms with Crippen molar-refractivity contribution in [2.75, 3.05) is 0 Å². The minimum absolute atomic E-state index is 0.126. The molecule has 0 amide bonds. The van der Waals surface area contributed by atoms with Crippen LogP contribution in [0.4, 0.5) is 8.78 Å². The van der Waals surface area contributed by atoms with Gasteiger partial charge in [0.2, 0.25) is 0 Å². The highest BCUT2D eigenvalue weighted by Gasteiger charge is 2.24. The highest BCUT2D eigenvalue weighted by Crippen LogP contribution is 2.20. The molecule has 0 fully saturated rings. The van der Waals surface area contributed by atoms with Crippen molar-refractivity contribution in [1.29, 1.82) is 0 Å². The van der Waals surface area contributed by atoms with Gasteiger partial charge in [0.25, 0.3) is 0 Å². The average molecular weight is 229 g/mol. The smallest absolute Gasteiger partial charge is 0.420 e. The monoisotopic (exact) mass is 229 g/mol. The van der Waals surface area contributed by atoms with Gasteiger partial charge in [-0.3, -0.25) is 4.79 Å². The minimum Gasteiger partial charge on any atom is -0.420 e. The Morgan fingerprint density at radius 1 is 1.44 bits per heavy atom. The number of hydrogen-bond donors (Lipinski definition) is 1. The second-order valence-corrected chi connectivity index (χ2v) is 3.71. The van der Waals surface area contributed by atoms with Crippen molar-refractivity contribution in [2.24, 2.45) is 11.7 Å². The first-order valence-electron chi connectivity index (χ1n) is 4.79. The van der Waals surface area contributed by atoms with E-state index in [2.05, 4.69) is 10.5 Å². The maximum absolute atomic E-state index is 12.4. The van der Waals surface area contributed by atoms with Gasteiger partial charge >= 0.3 is 6.23 Å². The van der Waals surface area contributed by atoms with Gasteiger partial charge in [-0.05, 0) is 12.1 Å². The summed E-state index contributed by atoms with van der Waals surface area (Å²) in [6.07, 6.45) is -3.74. The number of ketones is 1. The normalized spacial score (nSPS) is 11.6. The highest BCUT2D eigenvalue weighted by molar-refractivity contribution is 5.97. The predicted molar refractivity (Wildman–Crippen MR) is 55.4 cm³/mol. The van der Waals surface area contributed by atoms with Crippen LogP contribution in [0, 0.1) is 5.92 Å². The molecule has 0 bridgehead atoms. The van der Waals surface area contributed by atoms with Crippen molar-refractivity contribution in [3.8, 4) is 5.75 Å². The zero-order chi connectivity index (χ0) is 12.3. The molecule has 0 atom stereocenters. The molecule has 1 rings (SSSR count). The predicted octanol–water partition coefficient (Wildman–Crippen LogP) is 2.41. The van der Waals surface area contributed by atoms with Gasteiger partial charge < -0.3 is 4.74 Å². The molecule has 5 heteroatoms. The van der Waals surface area contributed by atoms with E-state index in [1.807, 2.05) is 0 Å². The molecule has 0 aliphatic heterocycles. The minimum atomic E-state index is -3.74. The molecular formula is C11H13F2NO2. The lowest BCUT2D eigenvalue weighted by atomic mass is 10.0. The molecule has 1 aromatic rings. The van der Waals surface area contributed by atoms with Gasteiger partial charge in [0, 0.05) is 11.5 Å². The number of carbonyl (C=O) groups excluding carboxylic acids is 1. The van der Waals surface area contributed by atoms with Crippen LogP contribution in [0.25, 0.3) is 0 Å². The van der Waals surface area contributed by atoms with Gasteiger partial charge in [0.15, 0.2) is 5.78 Å². The molecule has 0 aromatic heterocycles. The van der Waals surface area contributed by atoms with Crippen LogP contribution in [0.2, 0.25) is 0 Å². The van der Waals surface area contributed by atoms with Crippen molar-refractivity contribution >= 4 is 5.78 Å². The summed E-state index contributed by atoms with van der Waals surface area (Å²) in [5, 5.41) is 0. The Balaban J connectivity index is 2.91. The van der Waals surface area contributed by atoms with E-state index in [0.29, 0.717) is 5.56 Å². The van der Waals surface area contributed by atoms with Crippen LogP contribution < -0.4 is 10.5 Å². The quantitative estimate of drug-likeness (QED) is 0.490. The van der Waals surface area contributed by atoms with Crippen molar-refractivity contribution in [1.82, 2.24) is 0 Å². The molecule has 0 aliphatic rings. The third-order valence-corrected chi connectivity index (χ3v) is 1.90. The fraction of sp³-hybridized carbons (Fsp3) is 0.364. The Kier molecular flexibility index (Phi) is 3.59. The van der Waals surface area contributed by atoms with E-state index < -0.39 is 6.23 Å². The average Bonchev–Trinajstić information content (AvgIpc) is 2.14. The molecule has 0 saturated heterocycles. The van der Waals surface area contributed by atoms with Gasteiger partial charge in [0.1, 0.15) is 5.75 Å². The molecule has 16 heavy (non-hydrogen) atoms. The van der Waals surface area contributed by atoms with Crippen molar-refractivity contribution < 1.29 is 18.3 Å². The van der Waals surface area contributed by atoms with E-state index >= 15 is 0 Å². The van der Waals surface area contributed by atoms with Crippen molar-refractivity contribution in [2.45, 2.75) is 20.1 Å². The second kappa shape index (κ2) is 4.57. The van der Waals surface area contributed by atoms with E-state index in [1.54, 1.807) is 19.9 Å². The third-order valence-electron chi connectivity index (χ3n) is 1.90. The molecule has 0 radical (unpaired) electrons. The van der Waals surface area contributed by atoms with Crippen molar-refractivity contribution in [3.63, 3.8) is 0 Å². The molecule has 2 N–H and O–H groups in total. The first-order valence-corrected chi connectivity index (χ1v) is 4.79. The van der Waals surface area contributed by atoms with Gasteiger partial charge in [-0.2, -0.15) is 0 Å². The van der Waals surface area contributed by atoms with Crippen molar-refractivity contribution in [3.05, 3.63) is 29.8 Å². The maximum atomic E-state index is 12.4. The molecule has 88 valence electrons. The number of benzene rings is 1. The lowest BCUT2D eigenvalue weighted by molar-refractivity contribution is -0.170. The summed E-state index contributed by atoms with van der Waals surface area (Å²) in [4.78, 5) is 11.6. The van der Waals surface area contributed by atoms with Crippen LogP contribution >= 0.6 is 0 Å². The fourth-order valence-corrected chi connectivity index (χ4v) is 1.20. The Bertz CT molecular complexity index is 386. The standard InChI is InChI=1S/C11H13F2NO2/c1-7(2)10(15)8-4-3-5-9(6-8)16-11(12,13)14/h3-7H,14H2,1-2H3. The molecule has 0 spiro atoms. The first-order chi connectivity index (χ1) is 7.29. The number of hydrogen-bond acceptors (Lipinski definition) is 3. The number of Topliss-reactive ketones (excluding diaryl/α,β-unsaturated/α-hetero) is 1. The lowest BCUT2D eigenvalue weighted by Crippen LogP contribution is -2.35. The molecular weight excluding hydrogens is 216 g/mol. The molecule has 0 saturated carbocycles. The summed E-state index contributed by atoms with van der Waals surface area (Å²) >= 11 is 0. The topological polar surface area (TPSA) is 52.3 Å². The SMILES string of the molecule is CC(C)C(=O)c1cccc(OC(N)(F)F)c1. The van der Waals surface area contributed by atoms with Crippen LogP contribution in [0.15, 0.2) is 24.3 Å². The second-order valence-electron chi connectivity index (χ2n) is 3.71. The number of carbonyl (C=O) groups is 1. The molecule has 0 unspecified atom stereocenters. The van der Waals surface area contributed by atoms with Crippen LogP contribution in [0.3, 0.4) is 0 Å². The van der Waals surface area contributed by atoms with Gasteiger partial charge in [-0.25, -0.2) is 5.73 Å². The van der Waals surface area contributed by atoms with Gasteiger partial charge in [-0.1, -0.05) is 26.0 Å². The molecule has 0 aliphatic carbocycles. The lowest BCUT2D eigenvalue weighted by Gasteiger charge is -2.13. The summed E-state index contributed by atoms with van der Waals surface area (Å²) in [6.45, 7) is 3.46. The number of nitrogens with two attached hydrogens (primary N) is 1. The Hall–Kier alpha value is -1.49. The number of alkyl halides is 2. The zero-order valence-electron chi connectivity index (χ0n) is 9.04. The summed E-state index contributed by atoms with van der Waals surface area (Å²) in [5.74, 6) is -0.460. The fourth-order valence-electron chi connectivity index (χ4n) is 1.20. The van der Waals surface area contributed by atoms with E-state index in [9.17, 15) is 13.6 Å². The van der Waals surface area contributed by atoms with E-state index in [0.717, 1.165) is 0 Å². The van der Waals surface area contributed by atoms with Crippen LogP contribution in [0.5, 0.6) is 5.75 Å². The third kappa shape index (κ3) is 3.58. The number of ether oxygens (including phenoxy) is 1. The Labute approximate surface area is 92.2 Å². The Morgan fingerprint density at radius 3 is 2.56 bits per heavy atom. The number of halogens is 2. The molecule has 0 heterocycles. The van der Waals surface area contributed by atoms with Crippen LogP contribution in [-0.4, -0.2) is 12.0 Å². The van der Waals surface area contributed by atoms with Gasteiger partial charge in [0.05, 0.1) is 0 Å². The molecule has 3 nitrogen and oxygen atoms in total.